The molecule has 3 rings (SSSR count). The summed E-state index contributed by atoms with van der Waals surface area (Å²) in [5.41, 5.74) is 4.52. The minimum absolute atomic E-state index is 0.0550. The third-order valence-electron chi connectivity index (χ3n) is 5.22. The van der Waals surface area contributed by atoms with Gasteiger partial charge in [-0.15, -0.1) is 0 Å². The predicted octanol–water partition coefficient (Wildman–Crippen LogP) is 3.78. The molecule has 154 valence electrons. The van der Waals surface area contributed by atoms with E-state index in [-0.39, 0.29) is 18.4 Å². The van der Waals surface area contributed by atoms with Crippen molar-refractivity contribution in [3.63, 3.8) is 0 Å². The summed E-state index contributed by atoms with van der Waals surface area (Å²) in [7, 11) is 0. The average molecular weight is 397 g/mol. The van der Waals surface area contributed by atoms with Crippen molar-refractivity contribution in [2.75, 3.05) is 6.61 Å². The summed E-state index contributed by atoms with van der Waals surface area (Å²) in [6, 6.07) is 15.5. The van der Waals surface area contributed by atoms with E-state index >= 15 is 0 Å². The van der Waals surface area contributed by atoms with E-state index in [1.165, 1.54) is 0 Å². The number of hydrogen-bond acceptors (Lipinski definition) is 4. The molecule has 1 aliphatic carbocycles. The average Bonchev–Trinajstić information content (AvgIpc) is 2.99. The lowest BCUT2D eigenvalue weighted by Gasteiger charge is -2.25. The Balaban J connectivity index is 1.67. The number of carbonyl (C=O) groups excluding carboxylic acids is 1. The molecule has 0 unspecified atom stereocenters. The molecule has 2 atom stereocenters. The molecule has 3 N–H and O–H groups in total. The number of fused-ring (bicyclic) bond motifs is 3. The first-order valence-electron chi connectivity index (χ1n) is 9.88. The maximum Gasteiger partial charge on any atom is 0.407 e. The number of carboxylic acids is 1. The minimum atomic E-state index is -1.17. The number of benzene rings is 2. The first kappa shape index (κ1) is 20.9. The zero-order chi connectivity index (χ0) is 21.0. The van der Waals surface area contributed by atoms with Crippen molar-refractivity contribution < 1.29 is 24.5 Å². The van der Waals surface area contributed by atoms with E-state index in [1.807, 2.05) is 50.2 Å². The highest BCUT2D eigenvalue weighted by Gasteiger charge is 2.30. The van der Waals surface area contributed by atoms with Crippen molar-refractivity contribution in [1.29, 1.82) is 0 Å². The molecular weight excluding hydrogens is 370 g/mol. The predicted molar refractivity (Wildman–Crippen MR) is 110 cm³/mol. The Morgan fingerprint density at radius 1 is 1.03 bits per heavy atom. The smallest absolute Gasteiger partial charge is 0.407 e. The van der Waals surface area contributed by atoms with Crippen molar-refractivity contribution in [1.82, 2.24) is 5.32 Å². The number of hydrogen-bond donors (Lipinski definition) is 3. The van der Waals surface area contributed by atoms with Gasteiger partial charge in [0.05, 0.1) is 18.6 Å². The Morgan fingerprint density at radius 3 is 2.10 bits per heavy atom. The number of ether oxygens (including phenoxy) is 1. The van der Waals surface area contributed by atoms with Crippen LogP contribution < -0.4 is 5.32 Å². The largest absolute Gasteiger partial charge is 0.481 e. The van der Waals surface area contributed by atoms with Crippen molar-refractivity contribution in [2.45, 2.75) is 44.8 Å². The maximum atomic E-state index is 12.4. The van der Waals surface area contributed by atoms with Gasteiger partial charge in [-0.2, -0.15) is 0 Å². The van der Waals surface area contributed by atoms with Gasteiger partial charge in [0.15, 0.2) is 0 Å². The summed E-state index contributed by atoms with van der Waals surface area (Å²) in [5.74, 6) is -0.987. The second-order valence-electron chi connectivity index (χ2n) is 7.87. The van der Waals surface area contributed by atoms with E-state index in [2.05, 4.69) is 17.4 Å². The topological polar surface area (TPSA) is 95.9 Å². The number of aliphatic hydroxyl groups excluding tert-OH is 1. The summed E-state index contributed by atoms with van der Waals surface area (Å²) < 4.78 is 5.50. The van der Waals surface area contributed by atoms with Gasteiger partial charge in [0, 0.05) is 5.92 Å². The molecule has 2 aromatic carbocycles. The van der Waals surface area contributed by atoms with Crippen LogP contribution in [-0.4, -0.2) is 41.0 Å². The lowest BCUT2D eigenvalue weighted by molar-refractivity contribution is -0.139. The van der Waals surface area contributed by atoms with Crippen LogP contribution in [0, 0.1) is 5.92 Å². The molecule has 0 aliphatic heterocycles. The van der Waals surface area contributed by atoms with E-state index < -0.39 is 30.6 Å². The van der Waals surface area contributed by atoms with Crippen LogP contribution in [0.5, 0.6) is 0 Å². The molecule has 0 spiro atoms. The fourth-order valence-electron chi connectivity index (χ4n) is 3.93. The maximum absolute atomic E-state index is 12.4. The van der Waals surface area contributed by atoms with Crippen molar-refractivity contribution in [2.24, 2.45) is 5.92 Å². The van der Waals surface area contributed by atoms with E-state index in [0.29, 0.717) is 6.42 Å². The van der Waals surface area contributed by atoms with Gasteiger partial charge in [0.1, 0.15) is 6.61 Å². The van der Waals surface area contributed by atoms with Crippen LogP contribution in [0.3, 0.4) is 0 Å². The lowest BCUT2D eigenvalue weighted by Crippen LogP contribution is -2.45. The fourth-order valence-corrected chi connectivity index (χ4v) is 3.93. The van der Waals surface area contributed by atoms with Gasteiger partial charge in [0.2, 0.25) is 0 Å². The van der Waals surface area contributed by atoms with E-state index in [1.54, 1.807) is 0 Å². The molecule has 6 heteroatoms. The SMILES string of the molecule is CC(C)C[C@H](NC(=O)OCC1c2ccccc2-c2ccccc21)[C@@H](O)CC(=O)O. The van der Waals surface area contributed by atoms with E-state index in [9.17, 15) is 14.7 Å². The highest BCUT2D eigenvalue weighted by atomic mass is 16.5. The second kappa shape index (κ2) is 9.09. The summed E-state index contributed by atoms with van der Waals surface area (Å²) in [4.78, 5) is 23.3. The highest BCUT2D eigenvalue weighted by Crippen LogP contribution is 2.44. The third-order valence-corrected chi connectivity index (χ3v) is 5.22. The van der Waals surface area contributed by atoms with Crippen LogP contribution in [0.4, 0.5) is 4.79 Å². The van der Waals surface area contributed by atoms with Crippen molar-refractivity contribution in [3.05, 3.63) is 59.7 Å². The van der Waals surface area contributed by atoms with Crippen LogP contribution in [0.25, 0.3) is 11.1 Å². The Hall–Kier alpha value is -2.86. The first-order chi connectivity index (χ1) is 13.9. The van der Waals surface area contributed by atoms with E-state index in [0.717, 1.165) is 22.3 Å². The molecule has 2 aromatic rings. The fraction of sp³-hybridized carbons (Fsp3) is 0.391. The summed E-state index contributed by atoms with van der Waals surface area (Å²) in [5, 5.41) is 21.7. The number of nitrogens with one attached hydrogen (secondary N) is 1. The van der Waals surface area contributed by atoms with E-state index in [4.69, 9.17) is 9.84 Å². The minimum Gasteiger partial charge on any atom is -0.481 e. The van der Waals surface area contributed by atoms with Gasteiger partial charge in [-0.25, -0.2) is 4.79 Å². The Morgan fingerprint density at radius 2 is 1.59 bits per heavy atom. The molecule has 0 radical (unpaired) electrons. The summed E-state index contributed by atoms with van der Waals surface area (Å²) >= 11 is 0. The van der Waals surface area contributed by atoms with Crippen LogP contribution >= 0.6 is 0 Å². The first-order valence-corrected chi connectivity index (χ1v) is 9.88. The monoisotopic (exact) mass is 397 g/mol. The standard InChI is InChI=1S/C23H27NO5/c1-14(2)11-20(21(25)12-22(26)27)24-23(28)29-13-19-17-9-5-3-7-15(17)16-8-4-6-10-18(16)19/h3-10,14,19-21,25H,11-13H2,1-2H3,(H,24,28)(H,26,27)/t20-,21-/m0/s1. The zero-order valence-corrected chi connectivity index (χ0v) is 16.7. The van der Waals surface area contributed by atoms with Gasteiger partial charge in [-0.1, -0.05) is 62.4 Å². The van der Waals surface area contributed by atoms with Gasteiger partial charge in [-0.3, -0.25) is 4.79 Å². The summed E-state index contributed by atoms with van der Waals surface area (Å²) in [6.45, 7) is 4.06. The van der Waals surface area contributed by atoms with Gasteiger partial charge < -0.3 is 20.3 Å². The molecular formula is C23H27NO5. The molecule has 0 fully saturated rings. The summed E-state index contributed by atoms with van der Waals surface area (Å²) in [6.07, 6.45) is -1.79. The van der Waals surface area contributed by atoms with Crippen LogP contribution in [0.15, 0.2) is 48.5 Å². The lowest BCUT2D eigenvalue weighted by atomic mass is 9.97. The highest BCUT2D eigenvalue weighted by molar-refractivity contribution is 5.79. The quantitative estimate of drug-likeness (QED) is 0.630. The molecule has 6 nitrogen and oxygen atoms in total. The molecule has 0 heterocycles. The Kier molecular flexibility index (Phi) is 6.54. The molecule has 0 aromatic heterocycles. The number of aliphatic hydroxyl groups is 1. The normalized spacial score (nSPS) is 14.8. The number of rotatable bonds is 8. The number of alkyl carbamates (subject to hydrolysis) is 1. The molecule has 29 heavy (non-hydrogen) atoms. The Bertz CT molecular complexity index is 834. The molecule has 1 aliphatic rings. The molecule has 1 amide bonds. The number of aliphatic carboxylic acids is 1. The van der Waals surface area contributed by atoms with Gasteiger partial charge in [0.25, 0.3) is 0 Å². The van der Waals surface area contributed by atoms with Gasteiger partial charge >= 0.3 is 12.1 Å². The van der Waals surface area contributed by atoms with Crippen LogP contribution in [-0.2, 0) is 9.53 Å². The number of carboxylic acid groups (broad SMARTS) is 1. The Labute approximate surface area is 170 Å². The molecule has 0 saturated heterocycles. The molecule has 0 saturated carbocycles. The van der Waals surface area contributed by atoms with Gasteiger partial charge in [-0.05, 0) is 34.6 Å². The van der Waals surface area contributed by atoms with Crippen LogP contribution in [0.2, 0.25) is 0 Å². The number of carbonyl (C=O) groups is 2. The van der Waals surface area contributed by atoms with Crippen molar-refractivity contribution in [3.8, 4) is 11.1 Å². The number of amides is 1. The zero-order valence-electron chi connectivity index (χ0n) is 16.7. The molecule has 0 bridgehead atoms. The second-order valence-corrected chi connectivity index (χ2v) is 7.87. The third kappa shape index (κ3) is 4.95. The van der Waals surface area contributed by atoms with Crippen LogP contribution in [0.1, 0.15) is 43.7 Å². The van der Waals surface area contributed by atoms with Crippen molar-refractivity contribution >= 4 is 12.1 Å².